The van der Waals surface area contributed by atoms with E-state index in [0.717, 1.165) is 31.7 Å². The molecule has 3 atom stereocenters. The van der Waals surface area contributed by atoms with E-state index in [2.05, 4.69) is 5.10 Å². The first-order valence-corrected chi connectivity index (χ1v) is 6.39. The maximum atomic E-state index is 11.7. The van der Waals surface area contributed by atoms with Gasteiger partial charge in [-0.15, -0.1) is 0 Å². The lowest BCUT2D eigenvalue weighted by atomic mass is 9.97. The van der Waals surface area contributed by atoms with Crippen LogP contribution in [0.5, 0.6) is 0 Å². The Hall–Kier alpha value is -1.40. The number of hydrogen-bond acceptors (Lipinski definition) is 4. The van der Waals surface area contributed by atoms with Gasteiger partial charge in [0.2, 0.25) is 5.91 Å². The van der Waals surface area contributed by atoms with Crippen LogP contribution in [0.25, 0.3) is 0 Å². The van der Waals surface area contributed by atoms with Gasteiger partial charge in [-0.25, -0.2) is 0 Å². The van der Waals surface area contributed by atoms with Crippen molar-refractivity contribution in [1.29, 1.82) is 0 Å². The molecule has 3 unspecified atom stereocenters. The van der Waals surface area contributed by atoms with E-state index in [9.17, 15) is 4.79 Å². The van der Waals surface area contributed by atoms with Crippen molar-refractivity contribution in [1.82, 2.24) is 9.78 Å². The summed E-state index contributed by atoms with van der Waals surface area (Å²) in [6, 6.07) is -0.315. The molecule has 2 aliphatic heterocycles. The average Bonchev–Trinajstić information content (AvgIpc) is 3.02. The zero-order valence-corrected chi connectivity index (χ0v) is 10.5. The predicted molar refractivity (Wildman–Crippen MR) is 66.1 cm³/mol. The van der Waals surface area contributed by atoms with Crippen LogP contribution in [0.2, 0.25) is 0 Å². The highest BCUT2D eigenvalue weighted by Gasteiger charge is 2.43. The largest absolute Gasteiger partial charge is 0.376 e. The molecular weight excluding hydrogens is 232 g/mol. The minimum absolute atomic E-state index is 0.0285. The third kappa shape index (κ3) is 1.81. The third-order valence-electron chi connectivity index (χ3n) is 3.76. The average molecular weight is 250 g/mol. The van der Waals surface area contributed by atoms with Gasteiger partial charge in [0.25, 0.3) is 0 Å². The molecule has 1 aromatic rings. The van der Waals surface area contributed by atoms with Gasteiger partial charge in [0.15, 0.2) is 0 Å². The molecule has 0 bridgehead atoms. The topological polar surface area (TPSA) is 73.4 Å². The van der Waals surface area contributed by atoms with Gasteiger partial charge in [0.05, 0.1) is 30.6 Å². The Morgan fingerprint density at radius 1 is 1.61 bits per heavy atom. The lowest BCUT2D eigenvalue weighted by Gasteiger charge is -2.42. The Morgan fingerprint density at radius 3 is 3.11 bits per heavy atom. The van der Waals surface area contributed by atoms with E-state index in [1.165, 1.54) is 0 Å². The number of nitrogens with two attached hydrogens (primary N) is 1. The van der Waals surface area contributed by atoms with Crippen LogP contribution in [0, 0.1) is 0 Å². The maximum Gasteiger partial charge on any atom is 0.246 e. The van der Waals surface area contributed by atoms with Gasteiger partial charge < -0.3 is 15.4 Å². The molecule has 3 rings (SSSR count). The summed E-state index contributed by atoms with van der Waals surface area (Å²) in [5, 5.41) is 4.28. The van der Waals surface area contributed by atoms with Crippen molar-refractivity contribution in [3.8, 4) is 0 Å². The first kappa shape index (κ1) is 11.7. The number of hydrogen-bond donors (Lipinski definition) is 1. The van der Waals surface area contributed by atoms with Crippen LogP contribution in [0.4, 0.5) is 5.69 Å². The van der Waals surface area contributed by atoms with E-state index in [0.29, 0.717) is 0 Å². The van der Waals surface area contributed by atoms with Crippen LogP contribution in [-0.4, -0.2) is 40.5 Å². The van der Waals surface area contributed by atoms with E-state index in [-0.39, 0.29) is 24.1 Å². The Bertz CT molecular complexity index is 453. The SMILES string of the molecule is CC1C(N)C(=O)N1c1cnn(CC2CCCO2)c1. The number of ether oxygens (including phenoxy) is 1. The molecule has 2 saturated heterocycles. The van der Waals surface area contributed by atoms with Crippen molar-refractivity contribution in [3.63, 3.8) is 0 Å². The van der Waals surface area contributed by atoms with E-state index >= 15 is 0 Å². The fourth-order valence-corrected chi connectivity index (χ4v) is 2.58. The van der Waals surface area contributed by atoms with Gasteiger partial charge in [0, 0.05) is 12.8 Å². The molecule has 0 aliphatic carbocycles. The van der Waals surface area contributed by atoms with Crippen molar-refractivity contribution in [2.45, 2.75) is 44.5 Å². The van der Waals surface area contributed by atoms with Gasteiger partial charge in [-0.05, 0) is 19.8 Å². The summed E-state index contributed by atoms with van der Waals surface area (Å²) >= 11 is 0. The molecule has 3 heterocycles. The standard InChI is InChI=1S/C12H18N4O2/c1-8-11(13)12(17)16(8)9-5-14-15(6-9)7-10-3-2-4-18-10/h5-6,8,10-11H,2-4,7,13H2,1H3. The summed E-state index contributed by atoms with van der Waals surface area (Å²) < 4.78 is 7.41. The van der Waals surface area contributed by atoms with Crippen LogP contribution < -0.4 is 10.6 Å². The molecule has 0 spiro atoms. The minimum atomic E-state index is -0.369. The smallest absolute Gasteiger partial charge is 0.246 e. The Balaban J connectivity index is 1.68. The van der Waals surface area contributed by atoms with E-state index in [1.807, 2.05) is 17.8 Å². The number of carbonyl (C=O) groups excluding carboxylic acids is 1. The number of carbonyl (C=O) groups is 1. The molecule has 0 saturated carbocycles. The molecule has 0 radical (unpaired) electrons. The lowest BCUT2D eigenvalue weighted by Crippen LogP contribution is -2.67. The first-order valence-electron chi connectivity index (χ1n) is 6.39. The van der Waals surface area contributed by atoms with Crippen molar-refractivity contribution in [3.05, 3.63) is 12.4 Å². The summed E-state index contributed by atoms with van der Waals surface area (Å²) in [5.41, 5.74) is 6.52. The summed E-state index contributed by atoms with van der Waals surface area (Å²) in [6.45, 7) is 3.54. The maximum absolute atomic E-state index is 11.7. The van der Waals surface area contributed by atoms with Crippen LogP contribution in [0.3, 0.4) is 0 Å². The Morgan fingerprint density at radius 2 is 2.44 bits per heavy atom. The molecule has 6 heteroatoms. The van der Waals surface area contributed by atoms with Crippen LogP contribution in [-0.2, 0) is 16.1 Å². The normalized spacial score (nSPS) is 31.8. The number of amides is 1. The molecule has 2 fully saturated rings. The highest BCUT2D eigenvalue weighted by molar-refractivity contribution is 6.05. The Kier molecular flexibility index (Phi) is 2.83. The molecular formula is C12H18N4O2. The van der Waals surface area contributed by atoms with Crippen molar-refractivity contribution in [2.75, 3.05) is 11.5 Å². The Labute approximate surface area is 106 Å². The number of aromatic nitrogens is 2. The molecule has 6 nitrogen and oxygen atoms in total. The van der Waals surface area contributed by atoms with E-state index < -0.39 is 0 Å². The first-order chi connectivity index (χ1) is 8.66. The third-order valence-corrected chi connectivity index (χ3v) is 3.76. The second-order valence-corrected chi connectivity index (χ2v) is 5.03. The van der Waals surface area contributed by atoms with Crippen molar-refractivity contribution < 1.29 is 9.53 Å². The van der Waals surface area contributed by atoms with Gasteiger partial charge in [-0.1, -0.05) is 0 Å². The number of anilines is 1. The summed E-state index contributed by atoms with van der Waals surface area (Å²) in [5.74, 6) is -0.0285. The molecule has 18 heavy (non-hydrogen) atoms. The highest BCUT2D eigenvalue weighted by Crippen LogP contribution is 2.26. The van der Waals surface area contributed by atoms with E-state index in [1.54, 1.807) is 11.1 Å². The fraction of sp³-hybridized carbons (Fsp3) is 0.667. The zero-order valence-electron chi connectivity index (χ0n) is 10.5. The van der Waals surface area contributed by atoms with Crippen LogP contribution in [0.1, 0.15) is 19.8 Å². The van der Waals surface area contributed by atoms with Crippen molar-refractivity contribution in [2.24, 2.45) is 5.73 Å². The van der Waals surface area contributed by atoms with Gasteiger partial charge in [-0.3, -0.25) is 9.48 Å². The summed E-state index contributed by atoms with van der Waals surface area (Å²) in [6.07, 6.45) is 6.07. The van der Waals surface area contributed by atoms with E-state index in [4.69, 9.17) is 10.5 Å². The van der Waals surface area contributed by atoms with Gasteiger partial charge in [-0.2, -0.15) is 5.10 Å². The molecule has 2 aliphatic rings. The summed E-state index contributed by atoms with van der Waals surface area (Å²) in [7, 11) is 0. The second kappa shape index (κ2) is 4.37. The number of rotatable bonds is 3. The molecule has 2 N–H and O–H groups in total. The quantitative estimate of drug-likeness (QED) is 0.774. The fourth-order valence-electron chi connectivity index (χ4n) is 2.58. The number of β-lactam (4-membered cyclic amide) rings is 1. The van der Waals surface area contributed by atoms with Gasteiger partial charge >= 0.3 is 0 Å². The predicted octanol–water partition coefficient (Wildman–Crippen LogP) is 0.124. The molecule has 1 aromatic heterocycles. The zero-order chi connectivity index (χ0) is 12.7. The van der Waals surface area contributed by atoms with Crippen LogP contribution >= 0.6 is 0 Å². The highest BCUT2D eigenvalue weighted by atomic mass is 16.5. The van der Waals surface area contributed by atoms with Crippen LogP contribution in [0.15, 0.2) is 12.4 Å². The van der Waals surface area contributed by atoms with Crippen molar-refractivity contribution >= 4 is 11.6 Å². The monoisotopic (exact) mass is 250 g/mol. The number of nitrogens with zero attached hydrogens (tertiary/aromatic N) is 3. The van der Waals surface area contributed by atoms with Gasteiger partial charge in [0.1, 0.15) is 6.04 Å². The molecule has 0 aromatic carbocycles. The molecule has 98 valence electrons. The molecule has 1 amide bonds. The second-order valence-electron chi connectivity index (χ2n) is 5.03. The minimum Gasteiger partial charge on any atom is -0.376 e. The summed E-state index contributed by atoms with van der Waals surface area (Å²) in [4.78, 5) is 13.4. The lowest BCUT2D eigenvalue weighted by molar-refractivity contribution is -0.125.